The first-order valence-corrected chi connectivity index (χ1v) is 10.8. The predicted octanol–water partition coefficient (Wildman–Crippen LogP) is 5.29. The van der Waals surface area contributed by atoms with Crippen molar-refractivity contribution in [3.8, 4) is 11.5 Å². The highest BCUT2D eigenvalue weighted by Crippen LogP contribution is 2.52. The Hall–Kier alpha value is -2.05. The molecule has 1 saturated heterocycles. The molecule has 2 atom stereocenters. The SMILES string of the molecule is COc1ccc(C2=NN3C(C2)c2cc(Br)ccc2OC32CCOC(C)(C)C2)cc1. The van der Waals surface area contributed by atoms with Crippen LogP contribution in [0.3, 0.4) is 0 Å². The minimum absolute atomic E-state index is 0.155. The van der Waals surface area contributed by atoms with Crippen molar-refractivity contribution < 1.29 is 14.2 Å². The third kappa shape index (κ3) is 3.22. The van der Waals surface area contributed by atoms with E-state index >= 15 is 0 Å². The van der Waals surface area contributed by atoms with Crippen molar-refractivity contribution in [2.45, 2.75) is 50.5 Å². The summed E-state index contributed by atoms with van der Waals surface area (Å²) in [7, 11) is 1.69. The first kappa shape index (κ1) is 18.9. The zero-order valence-electron chi connectivity index (χ0n) is 16.9. The third-order valence-electron chi connectivity index (χ3n) is 6.07. The summed E-state index contributed by atoms with van der Waals surface area (Å²) in [5.41, 5.74) is 2.65. The average molecular weight is 457 g/mol. The summed E-state index contributed by atoms with van der Waals surface area (Å²) in [4.78, 5) is 0. The number of fused-ring (bicyclic) bond motifs is 4. The van der Waals surface area contributed by atoms with E-state index in [-0.39, 0.29) is 11.6 Å². The summed E-state index contributed by atoms with van der Waals surface area (Å²) in [5.74, 6) is 1.81. The normalized spacial score (nSPS) is 27.1. The number of benzene rings is 2. The van der Waals surface area contributed by atoms with Crippen molar-refractivity contribution in [3.05, 3.63) is 58.1 Å². The Morgan fingerprint density at radius 2 is 1.97 bits per heavy atom. The highest BCUT2D eigenvalue weighted by atomic mass is 79.9. The van der Waals surface area contributed by atoms with Gasteiger partial charge in [-0.15, -0.1) is 0 Å². The molecule has 5 rings (SSSR count). The van der Waals surface area contributed by atoms with Crippen LogP contribution in [-0.4, -0.2) is 35.8 Å². The standard InChI is InChI=1S/C23H25BrN2O3/c1-22(2)14-23(10-11-28-22)26-20(18-12-16(24)6-9-21(18)29-23)13-19(25-26)15-4-7-17(27-3)8-5-15/h4-9,12,20H,10-11,13-14H2,1-3H3. The lowest BCUT2D eigenvalue weighted by Crippen LogP contribution is -2.60. The molecule has 0 bridgehead atoms. The van der Waals surface area contributed by atoms with E-state index in [2.05, 4.69) is 59.1 Å². The van der Waals surface area contributed by atoms with E-state index in [1.807, 2.05) is 18.2 Å². The molecular weight excluding hydrogens is 432 g/mol. The Kier molecular flexibility index (Phi) is 4.40. The van der Waals surface area contributed by atoms with E-state index in [0.717, 1.165) is 46.5 Å². The van der Waals surface area contributed by atoms with Gasteiger partial charge in [0.05, 0.1) is 31.1 Å². The quantitative estimate of drug-likeness (QED) is 0.615. The minimum Gasteiger partial charge on any atom is -0.497 e. The Labute approximate surface area is 179 Å². The van der Waals surface area contributed by atoms with Gasteiger partial charge in [-0.2, -0.15) is 5.10 Å². The lowest BCUT2D eigenvalue weighted by atomic mass is 9.86. The van der Waals surface area contributed by atoms with Crippen LogP contribution in [0.25, 0.3) is 0 Å². The molecule has 2 aromatic rings. The number of hydrogen-bond donors (Lipinski definition) is 0. The third-order valence-corrected chi connectivity index (χ3v) is 6.56. The molecule has 1 spiro atoms. The van der Waals surface area contributed by atoms with E-state index in [4.69, 9.17) is 19.3 Å². The van der Waals surface area contributed by atoms with Gasteiger partial charge in [-0.1, -0.05) is 15.9 Å². The maximum absolute atomic E-state index is 6.68. The van der Waals surface area contributed by atoms with Crippen LogP contribution in [0.1, 0.15) is 50.3 Å². The maximum Gasteiger partial charge on any atom is 0.203 e. The van der Waals surface area contributed by atoms with Crippen molar-refractivity contribution in [1.82, 2.24) is 5.01 Å². The summed E-state index contributed by atoms with van der Waals surface area (Å²) >= 11 is 3.62. The second-order valence-corrected chi connectivity index (χ2v) is 9.52. The Morgan fingerprint density at radius 1 is 1.17 bits per heavy atom. The molecule has 5 nitrogen and oxygen atoms in total. The molecule has 3 aliphatic rings. The molecule has 3 aliphatic heterocycles. The van der Waals surface area contributed by atoms with Crippen molar-refractivity contribution in [1.29, 1.82) is 0 Å². The smallest absolute Gasteiger partial charge is 0.203 e. The van der Waals surface area contributed by atoms with Crippen LogP contribution in [0.2, 0.25) is 0 Å². The average Bonchev–Trinajstić information content (AvgIpc) is 3.15. The number of rotatable bonds is 2. The van der Waals surface area contributed by atoms with E-state index < -0.39 is 5.72 Å². The van der Waals surface area contributed by atoms with Gasteiger partial charge in [-0.05, 0) is 61.9 Å². The van der Waals surface area contributed by atoms with Crippen LogP contribution in [-0.2, 0) is 4.74 Å². The van der Waals surface area contributed by atoms with Gasteiger partial charge in [0.25, 0.3) is 0 Å². The molecule has 0 radical (unpaired) electrons. The number of methoxy groups -OCH3 is 1. The molecule has 1 fully saturated rings. The van der Waals surface area contributed by atoms with Crippen molar-refractivity contribution >= 4 is 21.6 Å². The molecule has 0 aliphatic carbocycles. The Bertz CT molecular complexity index is 973. The predicted molar refractivity (Wildman–Crippen MR) is 115 cm³/mol. The summed E-state index contributed by atoms with van der Waals surface area (Å²) in [5, 5.41) is 7.33. The number of halogens is 1. The molecule has 6 heteroatoms. The van der Waals surface area contributed by atoms with Gasteiger partial charge >= 0.3 is 0 Å². The number of hydrazone groups is 1. The van der Waals surface area contributed by atoms with Crippen molar-refractivity contribution in [2.75, 3.05) is 13.7 Å². The number of nitrogens with zero attached hydrogens (tertiary/aromatic N) is 2. The molecule has 2 unspecified atom stereocenters. The largest absolute Gasteiger partial charge is 0.497 e. The molecule has 0 saturated carbocycles. The van der Waals surface area contributed by atoms with Gasteiger partial charge in [-0.25, -0.2) is 5.01 Å². The summed E-state index contributed by atoms with van der Waals surface area (Å²) < 4.78 is 19.1. The van der Waals surface area contributed by atoms with Crippen molar-refractivity contribution in [3.63, 3.8) is 0 Å². The van der Waals surface area contributed by atoms with E-state index in [1.54, 1.807) is 7.11 Å². The van der Waals surface area contributed by atoms with Gasteiger partial charge < -0.3 is 14.2 Å². The summed E-state index contributed by atoms with van der Waals surface area (Å²) in [6.45, 7) is 4.93. The molecule has 29 heavy (non-hydrogen) atoms. The van der Waals surface area contributed by atoms with E-state index in [1.165, 1.54) is 5.56 Å². The molecule has 0 aromatic heterocycles. The van der Waals surface area contributed by atoms with Crippen LogP contribution in [0, 0.1) is 0 Å². The fraction of sp³-hybridized carbons (Fsp3) is 0.435. The summed E-state index contributed by atoms with van der Waals surface area (Å²) in [6, 6.07) is 14.6. The van der Waals surface area contributed by atoms with Gasteiger partial charge in [0.2, 0.25) is 5.72 Å². The highest BCUT2D eigenvalue weighted by Gasteiger charge is 2.54. The van der Waals surface area contributed by atoms with Crippen LogP contribution >= 0.6 is 15.9 Å². The number of ether oxygens (including phenoxy) is 3. The monoisotopic (exact) mass is 456 g/mol. The van der Waals surface area contributed by atoms with E-state index in [9.17, 15) is 0 Å². The molecular formula is C23H25BrN2O3. The summed E-state index contributed by atoms with van der Waals surface area (Å²) in [6.07, 6.45) is 2.41. The number of hydrogen-bond acceptors (Lipinski definition) is 5. The zero-order chi connectivity index (χ0) is 20.2. The molecule has 0 amide bonds. The second kappa shape index (κ2) is 6.74. The lowest BCUT2D eigenvalue weighted by molar-refractivity contribution is -0.212. The van der Waals surface area contributed by atoms with Crippen LogP contribution < -0.4 is 9.47 Å². The van der Waals surface area contributed by atoms with Gasteiger partial charge in [0.1, 0.15) is 11.5 Å². The maximum atomic E-state index is 6.68. The van der Waals surface area contributed by atoms with E-state index in [0.29, 0.717) is 6.61 Å². The van der Waals surface area contributed by atoms with Crippen LogP contribution in [0.5, 0.6) is 11.5 Å². The van der Waals surface area contributed by atoms with Gasteiger partial charge in [0.15, 0.2) is 0 Å². The Balaban J connectivity index is 1.59. The molecule has 0 N–H and O–H groups in total. The highest BCUT2D eigenvalue weighted by molar-refractivity contribution is 9.10. The second-order valence-electron chi connectivity index (χ2n) is 8.61. The minimum atomic E-state index is -0.485. The fourth-order valence-electron chi connectivity index (χ4n) is 4.78. The fourth-order valence-corrected chi connectivity index (χ4v) is 5.16. The van der Waals surface area contributed by atoms with Crippen molar-refractivity contribution in [2.24, 2.45) is 5.10 Å². The first-order chi connectivity index (χ1) is 13.9. The Morgan fingerprint density at radius 3 is 2.69 bits per heavy atom. The first-order valence-electron chi connectivity index (χ1n) is 10.0. The van der Waals surface area contributed by atoms with Crippen LogP contribution in [0.15, 0.2) is 52.0 Å². The van der Waals surface area contributed by atoms with Crippen LogP contribution in [0.4, 0.5) is 0 Å². The molecule has 152 valence electrons. The molecule has 3 heterocycles. The van der Waals surface area contributed by atoms with Gasteiger partial charge in [0, 0.05) is 29.3 Å². The lowest BCUT2D eigenvalue weighted by Gasteiger charge is -2.52. The zero-order valence-corrected chi connectivity index (χ0v) is 18.5. The molecule has 2 aromatic carbocycles. The van der Waals surface area contributed by atoms with Gasteiger partial charge in [-0.3, -0.25) is 0 Å². The topological polar surface area (TPSA) is 43.3 Å².